The molecule has 164 valence electrons. The maximum atomic E-state index is 12.1. The molecule has 2 aliphatic rings. The maximum Gasteiger partial charge on any atom is 0.225 e. The van der Waals surface area contributed by atoms with Crippen molar-refractivity contribution in [2.75, 3.05) is 32.8 Å². The summed E-state index contributed by atoms with van der Waals surface area (Å²) < 4.78 is 6.04. The van der Waals surface area contributed by atoms with Crippen LogP contribution in [0.2, 0.25) is 0 Å². The molecular weight excluding hydrogens is 467 g/mol. The van der Waals surface area contributed by atoms with Crippen molar-refractivity contribution < 1.29 is 9.53 Å². The smallest absolute Gasteiger partial charge is 0.225 e. The van der Waals surface area contributed by atoms with Gasteiger partial charge in [-0.1, -0.05) is 39.5 Å². The Hall–Kier alpha value is -0.570. The van der Waals surface area contributed by atoms with Gasteiger partial charge in [-0.2, -0.15) is 0 Å². The third-order valence-electron chi connectivity index (χ3n) is 5.50. The van der Waals surface area contributed by atoms with E-state index >= 15 is 0 Å². The molecule has 0 aromatic heterocycles. The zero-order chi connectivity index (χ0) is 19.5. The number of carbonyl (C=O) groups is 1. The van der Waals surface area contributed by atoms with Crippen LogP contribution in [0.3, 0.4) is 0 Å². The molecule has 2 fully saturated rings. The van der Waals surface area contributed by atoms with Gasteiger partial charge in [0.2, 0.25) is 5.91 Å². The monoisotopic (exact) mass is 508 g/mol. The minimum Gasteiger partial charge on any atom is -0.376 e. The molecule has 0 spiro atoms. The van der Waals surface area contributed by atoms with E-state index in [2.05, 4.69) is 22.5 Å². The van der Waals surface area contributed by atoms with Gasteiger partial charge >= 0.3 is 0 Å². The van der Waals surface area contributed by atoms with E-state index in [9.17, 15) is 4.79 Å². The third-order valence-corrected chi connectivity index (χ3v) is 5.50. The molecule has 0 aromatic carbocycles. The molecule has 28 heavy (non-hydrogen) atoms. The number of aliphatic imine (C=N–C) groups is 1. The molecule has 1 amide bonds. The van der Waals surface area contributed by atoms with Crippen molar-refractivity contribution in [3.63, 3.8) is 0 Å². The van der Waals surface area contributed by atoms with E-state index in [0.717, 1.165) is 38.4 Å². The summed E-state index contributed by atoms with van der Waals surface area (Å²) in [4.78, 5) is 18.8. The quantitative estimate of drug-likeness (QED) is 0.182. The average Bonchev–Trinajstić information content (AvgIpc) is 2.94. The standard InChI is InChI=1S/C21H40N4O2.HI/c1-4-22-21(23-13-16-27-19-9-7-5-6-8-10-19)24-18-11-14-25(15-12-18)20(26)17(2)3;/h17-19H,4-16H2,1-3H3,(H2,22,23,24);1H. The van der Waals surface area contributed by atoms with Gasteiger partial charge in [-0.25, -0.2) is 0 Å². The number of hydrogen-bond acceptors (Lipinski definition) is 3. The van der Waals surface area contributed by atoms with E-state index in [1.165, 1.54) is 38.5 Å². The molecule has 1 heterocycles. The molecule has 7 heteroatoms. The lowest BCUT2D eigenvalue weighted by molar-refractivity contribution is -0.135. The van der Waals surface area contributed by atoms with Gasteiger partial charge in [0.15, 0.2) is 5.96 Å². The van der Waals surface area contributed by atoms with Crippen LogP contribution < -0.4 is 10.6 Å². The van der Waals surface area contributed by atoms with Crippen LogP contribution in [0.15, 0.2) is 4.99 Å². The molecular formula is C21H41IN4O2. The molecule has 6 nitrogen and oxygen atoms in total. The molecule has 1 aliphatic heterocycles. The highest BCUT2D eigenvalue weighted by molar-refractivity contribution is 14.0. The van der Waals surface area contributed by atoms with Gasteiger partial charge in [-0.15, -0.1) is 24.0 Å². The van der Waals surface area contributed by atoms with Gasteiger partial charge in [0.25, 0.3) is 0 Å². The largest absolute Gasteiger partial charge is 0.376 e. The van der Waals surface area contributed by atoms with Gasteiger partial charge in [0, 0.05) is 31.6 Å². The Morgan fingerprint density at radius 2 is 1.75 bits per heavy atom. The predicted molar refractivity (Wildman–Crippen MR) is 126 cm³/mol. The van der Waals surface area contributed by atoms with Crippen LogP contribution in [-0.4, -0.2) is 61.7 Å². The lowest BCUT2D eigenvalue weighted by Crippen LogP contribution is -2.50. The van der Waals surface area contributed by atoms with Crippen molar-refractivity contribution in [2.45, 2.75) is 84.3 Å². The van der Waals surface area contributed by atoms with Crippen LogP contribution in [0.25, 0.3) is 0 Å². The first kappa shape index (κ1) is 25.5. The van der Waals surface area contributed by atoms with E-state index in [1.807, 2.05) is 18.7 Å². The highest BCUT2D eigenvalue weighted by Crippen LogP contribution is 2.19. The summed E-state index contributed by atoms with van der Waals surface area (Å²) in [5, 5.41) is 6.87. The first-order chi connectivity index (χ1) is 13.1. The zero-order valence-corrected chi connectivity index (χ0v) is 20.4. The van der Waals surface area contributed by atoms with Gasteiger partial charge < -0.3 is 20.3 Å². The minimum absolute atomic E-state index is 0. The van der Waals surface area contributed by atoms with Crippen molar-refractivity contribution in [3.05, 3.63) is 0 Å². The summed E-state index contributed by atoms with van der Waals surface area (Å²) in [7, 11) is 0. The molecule has 2 rings (SSSR count). The molecule has 0 unspecified atom stereocenters. The fraction of sp³-hybridized carbons (Fsp3) is 0.905. The maximum absolute atomic E-state index is 12.1. The Kier molecular flexibility index (Phi) is 13.1. The average molecular weight is 508 g/mol. The zero-order valence-electron chi connectivity index (χ0n) is 18.0. The Morgan fingerprint density at radius 3 is 2.32 bits per heavy atom. The number of likely N-dealkylation sites (tertiary alicyclic amines) is 1. The molecule has 1 aliphatic carbocycles. The molecule has 0 bridgehead atoms. The van der Waals surface area contributed by atoms with E-state index in [0.29, 0.717) is 25.3 Å². The lowest BCUT2D eigenvalue weighted by atomic mass is 10.0. The topological polar surface area (TPSA) is 66.0 Å². The summed E-state index contributed by atoms with van der Waals surface area (Å²) in [6.07, 6.45) is 10.1. The van der Waals surface area contributed by atoms with Gasteiger partial charge in [0.1, 0.15) is 0 Å². The molecule has 1 saturated heterocycles. The Balaban J connectivity index is 0.00000392. The summed E-state index contributed by atoms with van der Waals surface area (Å²) in [5.74, 6) is 1.22. The molecule has 0 radical (unpaired) electrons. The predicted octanol–water partition coefficient (Wildman–Crippen LogP) is 3.55. The van der Waals surface area contributed by atoms with Crippen LogP contribution in [0.4, 0.5) is 0 Å². The number of halogens is 1. The Labute approximate surface area is 188 Å². The number of ether oxygens (including phenoxy) is 1. The van der Waals surface area contributed by atoms with Crippen LogP contribution in [-0.2, 0) is 9.53 Å². The number of amides is 1. The van der Waals surface area contributed by atoms with E-state index in [4.69, 9.17) is 4.74 Å². The lowest BCUT2D eigenvalue weighted by Gasteiger charge is -2.34. The number of nitrogens with one attached hydrogen (secondary N) is 2. The number of rotatable bonds is 7. The van der Waals surface area contributed by atoms with Crippen molar-refractivity contribution >= 4 is 35.8 Å². The highest BCUT2D eigenvalue weighted by atomic mass is 127. The number of hydrogen-bond donors (Lipinski definition) is 2. The van der Waals surface area contributed by atoms with E-state index in [-0.39, 0.29) is 35.8 Å². The highest BCUT2D eigenvalue weighted by Gasteiger charge is 2.24. The van der Waals surface area contributed by atoms with Gasteiger partial charge in [-0.05, 0) is 32.6 Å². The van der Waals surface area contributed by atoms with Gasteiger partial charge in [-0.3, -0.25) is 9.79 Å². The van der Waals surface area contributed by atoms with E-state index in [1.54, 1.807) is 0 Å². The fourth-order valence-electron chi connectivity index (χ4n) is 3.91. The molecule has 2 N–H and O–H groups in total. The Bertz CT molecular complexity index is 457. The van der Waals surface area contributed by atoms with Gasteiger partial charge in [0.05, 0.1) is 19.3 Å². The third kappa shape index (κ3) is 9.29. The second-order valence-electron chi connectivity index (χ2n) is 8.14. The molecule has 1 saturated carbocycles. The van der Waals surface area contributed by atoms with Crippen LogP contribution in [0, 0.1) is 5.92 Å². The summed E-state index contributed by atoms with van der Waals surface area (Å²) >= 11 is 0. The van der Waals surface area contributed by atoms with Crippen LogP contribution in [0.5, 0.6) is 0 Å². The summed E-state index contributed by atoms with van der Waals surface area (Å²) in [5.41, 5.74) is 0. The minimum atomic E-state index is 0. The van der Waals surface area contributed by atoms with Crippen molar-refractivity contribution in [1.82, 2.24) is 15.5 Å². The summed E-state index contributed by atoms with van der Waals surface area (Å²) in [6.45, 7) is 9.93. The number of piperidine rings is 1. The second-order valence-corrected chi connectivity index (χ2v) is 8.14. The fourth-order valence-corrected chi connectivity index (χ4v) is 3.91. The normalized spacial score (nSPS) is 19.9. The molecule has 0 aromatic rings. The number of guanidine groups is 1. The Morgan fingerprint density at radius 1 is 1.11 bits per heavy atom. The second kappa shape index (κ2) is 14.4. The number of nitrogens with zero attached hydrogens (tertiary/aromatic N) is 2. The van der Waals surface area contributed by atoms with Crippen molar-refractivity contribution in [3.8, 4) is 0 Å². The SMILES string of the molecule is CCNC(=NCCOC1CCCCCC1)NC1CCN(C(=O)C(C)C)CC1.I. The first-order valence-corrected chi connectivity index (χ1v) is 11.1. The van der Waals surface area contributed by atoms with Crippen LogP contribution >= 0.6 is 24.0 Å². The number of carbonyl (C=O) groups excluding carboxylic acids is 1. The molecule has 0 atom stereocenters. The van der Waals surface area contributed by atoms with Crippen molar-refractivity contribution in [2.24, 2.45) is 10.9 Å². The van der Waals surface area contributed by atoms with Crippen LogP contribution in [0.1, 0.15) is 72.1 Å². The van der Waals surface area contributed by atoms with Crippen molar-refractivity contribution in [1.29, 1.82) is 0 Å². The first-order valence-electron chi connectivity index (χ1n) is 11.1. The van der Waals surface area contributed by atoms with E-state index < -0.39 is 0 Å². The summed E-state index contributed by atoms with van der Waals surface area (Å²) in [6, 6.07) is 0.377.